The third-order valence-corrected chi connectivity index (χ3v) is 5.28. The highest BCUT2D eigenvalue weighted by Gasteiger charge is 2.16. The molecule has 2 aromatic carbocycles. The second-order valence-electron chi connectivity index (χ2n) is 5.73. The van der Waals surface area contributed by atoms with Crippen LogP contribution in [0.5, 0.6) is 0 Å². The summed E-state index contributed by atoms with van der Waals surface area (Å²) < 4.78 is 27.1. The summed E-state index contributed by atoms with van der Waals surface area (Å²) in [4.78, 5) is 22.2. The van der Waals surface area contributed by atoms with E-state index < -0.39 is 20.9 Å². The van der Waals surface area contributed by atoms with Gasteiger partial charge in [-0.25, -0.2) is 13.1 Å². The van der Waals surface area contributed by atoms with Crippen molar-refractivity contribution in [2.75, 3.05) is 13.1 Å². The normalized spacial score (nSPS) is 11.2. The molecule has 1 amide bonds. The zero-order valence-electron chi connectivity index (χ0n) is 14.4. The van der Waals surface area contributed by atoms with Gasteiger partial charge in [0.1, 0.15) is 0 Å². The van der Waals surface area contributed by atoms with Gasteiger partial charge in [-0.2, -0.15) is 0 Å². The van der Waals surface area contributed by atoms with Gasteiger partial charge in [-0.1, -0.05) is 12.1 Å². The van der Waals surface area contributed by atoms with Crippen LogP contribution >= 0.6 is 0 Å². The summed E-state index contributed by atoms with van der Waals surface area (Å²) in [6.45, 7) is 3.63. The Bertz CT molecular complexity index is 924. The number of nitro benzene ring substituents is 1. The minimum atomic E-state index is -3.67. The van der Waals surface area contributed by atoms with Crippen LogP contribution < -0.4 is 10.0 Å². The third kappa shape index (κ3) is 4.87. The third-order valence-electron chi connectivity index (χ3n) is 3.68. The van der Waals surface area contributed by atoms with Crippen molar-refractivity contribution in [3.05, 3.63) is 69.3 Å². The zero-order valence-corrected chi connectivity index (χ0v) is 15.2. The van der Waals surface area contributed by atoms with Crippen molar-refractivity contribution in [2.45, 2.75) is 18.7 Å². The van der Waals surface area contributed by atoms with Gasteiger partial charge in [0.05, 0.1) is 9.82 Å². The number of nitro groups is 1. The molecule has 0 aliphatic heterocycles. The molecule has 0 unspecified atom stereocenters. The minimum absolute atomic E-state index is 0.0223. The van der Waals surface area contributed by atoms with Gasteiger partial charge in [-0.15, -0.1) is 0 Å². The molecule has 0 saturated carbocycles. The zero-order chi connectivity index (χ0) is 19.3. The summed E-state index contributed by atoms with van der Waals surface area (Å²) in [6.07, 6.45) is 0. The van der Waals surface area contributed by atoms with Gasteiger partial charge in [0.2, 0.25) is 10.0 Å². The quantitative estimate of drug-likeness (QED) is 0.434. The van der Waals surface area contributed by atoms with Crippen molar-refractivity contribution >= 4 is 21.6 Å². The molecule has 0 fully saturated rings. The van der Waals surface area contributed by atoms with Crippen molar-refractivity contribution in [1.29, 1.82) is 0 Å². The van der Waals surface area contributed by atoms with Crippen molar-refractivity contribution in [2.24, 2.45) is 0 Å². The summed E-state index contributed by atoms with van der Waals surface area (Å²) in [5.41, 5.74) is 1.62. The lowest BCUT2D eigenvalue weighted by molar-refractivity contribution is -0.384. The van der Waals surface area contributed by atoms with E-state index in [9.17, 15) is 23.3 Å². The van der Waals surface area contributed by atoms with Crippen LogP contribution in [0, 0.1) is 24.0 Å². The first-order chi connectivity index (χ1) is 12.2. The van der Waals surface area contributed by atoms with E-state index in [4.69, 9.17) is 0 Å². The molecule has 2 N–H and O–H groups in total. The largest absolute Gasteiger partial charge is 0.351 e. The van der Waals surface area contributed by atoms with Crippen LogP contribution in [0.3, 0.4) is 0 Å². The van der Waals surface area contributed by atoms with Crippen molar-refractivity contribution < 1.29 is 18.1 Å². The first-order valence-electron chi connectivity index (χ1n) is 7.80. The summed E-state index contributed by atoms with van der Waals surface area (Å²) >= 11 is 0. The molecule has 0 bridgehead atoms. The van der Waals surface area contributed by atoms with Crippen LogP contribution in [-0.2, 0) is 10.0 Å². The molecule has 0 spiro atoms. The maximum absolute atomic E-state index is 12.3. The number of nitrogens with one attached hydrogen (secondary N) is 2. The molecule has 138 valence electrons. The maximum Gasteiger partial charge on any atom is 0.269 e. The van der Waals surface area contributed by atoms with E-state index >= 15 is 0 Å². The standard InChI is InChI=1S/C17H19N3O5S/c1-12-3-4-13(2)16(11-12)26(24,25)19-10-9-18-17(21)14-5-7-15(8-6-14)20(22)23/h3-8,11,19H,9-10H2,1-2H3,(H,18,21). The lowest BCUT2D eigenvalue weighted by Gasteiger charge is -2.11. The summed E-state index contributed by atoms with van der Waals surface area (Å²) in [5, 5.41) is 13.2. The molecule has 0 aliphatic carbocycles. The lowest BCUT2D eigenvalue weighted by Crippen LogP contribution is -2.35. The Balaban J connectivity index is 1.90. The van der Waals surface area contributed by atoms with Crippen molar-refractivity contribution in [3.63, 3.8) is 0 Å². The van der Waals surface area contributed by atoms with E-state index in [1.165, 1.54) is 24.3 Å². The summed E-state index contributed by atoms with van der Waals surface area (Å²) in [7, 11) is -3.67. The number of aryl methyl sites for hydroxylation is 2. The number of carbonyl (C=O) groups excluding carboxylic acids is 1. The molecule has 26 heavy (non-hydrogen) atoms. The van der Waals surface area contributed by atoms with E-state index in [-0.39, 0.29) is 29.2 Å². The number of carbonyl (C=O) groups is 1. The molecule has 2 aromatic rings. The molecule has 0 aliphatic rings. The number of nitrogens with zero attached hydrogens (tertiary/aromatic N) is 1. The second kappa shape index (κ2) is 8.07. The molecule has 0 aromatic heterocycles. The number of sulfonamides is 1. The van der Waals surface area contributed by atoms with Crippen LogP contribution in [0.25, 0.3) is 0 Å². The minimum Gasteiger partial charge on any atom is -0.351 e. The Kier molecular flexibility index (Phi) is 6.06. The molecular formula is C17H19N3O5S. The first kappa shape index (κ1) is 19.5. The van der Waals surface area contributed by atoms with Crippen LogP contribution in [0.4, 0.5) is 5.69 Å². The fourth-order valence-corrected chi connectivity index (χ4v) is 3.63. The van der Waals surface area contributed by atoms with Gasteiger partial charge >= 0.3 is 0 Å². The van der Waals surface area contributed by atoms with Gasteiger partial charge in [0.25, 0.3) is 11.6 Å². The number of hydrogen-bond donors (Lipinski definition) is 2. The molecule has 0 radical (unpaired) electrons. The fourth-order valence-electron chi connectivity index (χ4n) is 2.27. The Hall–Kier alpha value is -2.78. The number of rotatable bonds is 7. The topological polar surface area (TPSA) is 118 Å². The molecule has 0 heterocycles. The Morgan fingerprint density at radius 3 is 2.35 bits per heavy atom. The monoisotopic (exact) mass is 377 g/mol. The number of amides is 1. The highest BCUT2D eigenvalue weighted by atomic mass is 32.2. The second-order valence-corrected chi connectivity index (χ2v) is 7.46. The van der Waals surface area contributed by atoms with Crippen LogP contribution in [0.2, 0.25) is 0 Å². The van der Waals surface area contributed by atoms with Crippen LogP contribution in [0.15, 0.2) is 47.4 Å². The van der Waals surface area contributed by atoms with Crippen LogP contribution in [0.1, 0.15) is 21.5 Å². The molecular weight excluding hydrogens is 358 g/mol. The first-order valence-corrected chi connectivity index (χ1v) is 9.28. The molecule has 0 atom stereocenters. The van der Waals surface area contributed by atoms with E-state index in [0.717, 1.165) is 5.56 Å². The van der Waals surface area contributed by atoms with Crippen molar-refractivity contribution in [3.8, 4) is 0 Å². The smallest absolute Gasteiger partial charge is 0.269 e. The van der Waals surface area contributed by atoms with Gasteiger partial charge in [0.15, 0.2) is 0 Å². The van der Waals surface area contributed by atoms with Gasteiger partial charge in [-0.3, -0.25) is 14.9 Å². The highest BCUT2D eigenvalue weighted by Crippen LogP contribution is 2.16. The number of hydrogen-bond acceptors (Lipinski definition) is 5. The van der Waals surface area contributed by atoms with Gasteiger partial charge < -0.3 is 5.32 Å². The summed E-state index contributed by atoms with van der Waals surface area (Å²) in [5.74, 6) is -0.439. The molecule has 0 saturated heterocycles. The van der Waals surface area contributed by atoms with Crippen molar-refractivity contribution in [1.82, 2.24) is 10.0 Å². The lowest BCUT2D eigenvalue weighted by atomic mass is 10.2. The number of non-ortho nitro benzene ring substituents is 1. The molecule has 9 heteroatoms. The SMILES string of the molecule is Cc1ccc(C)c(S(=O)(=O)NCCNC(=O)c2ccc([N+](=O)[O-])cc2)c1. The van der Waals surface area contributed by atoms with E-state index in [1.807, 2.05) is 13.0 Å². The maximum atomic E-state index is 12.3. The molecule has 2 rings (SSSR count). The van der Waals surface area contributed by atoms with Gasteiger partial charge in [0, 0.05) is 30.8 Å². The Morgan fingerprint density at radius 1 is 1.08 bits per heavy atom. The summed E-state index contributed by atoms with van der Waals surface area (Å²) in [6, 6.07) is 10.3. The molecule has 8 nitrogen and oxygen atoms in total. The van der Waals surface area contributed by atoms with E-state index in [0.29, 0.717) is 5.56 Å². The van der Waals surface area contributed by atoms with Gasteiger partial charge in [-0.05, 0) is 43.2 Å². The Morgan fingerprint density at radius 2 is 1.73 bits per heavy atom. The fraction of sp³-hybridized carbons (Fsp3) is 0.235. The Labute approximate surface area is 151 Å². The number of benzene rings is 2. The highest BCUT2D eigenvalue weighted by molar-refractivity contribution is 7.89. The van der Waals surface area contributed by atoms with Crippen LogP contribution in [-0.4, -0.2) is 32.3 Å². The van der Waals surface area contributed by atoms with E-state index in [2.05, 4.69) is 10.0 Å². The average molecular weight is 377 g/mol. The van der Waals surface area contributed by atoms with E-state index in [1.54, 1.807) is 19.1 Å². The predicted molar refractivity (Wildman–Crippen MR) is 96.5 cm³/mol. The predicted octanol–water partition coefficient (Wildman–Crippen LogP) is 1.92. The average Bonchev–Trinajstić information content (AvgIpc) is 2.60.